The molecule has 2 fully saturated rings. The topological polar surface area (TPSA) is 28.5 Å². The Morgan fingerprint density at radius 3 is 2.70 bits per heavy atom. The van der Waals surface area contributed by atoms with Crippen LogP contribution in [0.3, 0.4) is 0 Å². The summed E-state index contributed by atoms with van der Waals surface area (Å²) in [5, 5.41) is 1.48. The van der Waals surface area contributed by atoms with E-state index < -0.39 is 0 Å². The Morgan fingerprint density at radius 2 is 1.97 bits per heavy atom. The number of likely N-dealkylation sites (tertiary alicyclic amines) is 1. The van der Waals surface area contributed by atoms with Crippen molar-refractivity contribution in [3.8, 4) is 0 Å². The predicted octanol–water partition coefficient (Wildman–Crippen LogP) is 6.14. The molecule has 33 heavy (non-hydrogen) atoms. The van der Waals surface area contributed by atoms with Gasteiger partial charge >= 0.3 is 0 Å². The molecule has 2 aromatic rings. The fraction of sp³-hybridized carbons (Fsp3) is 0.690. The SMILES string of the molecule is CCCCN(C(=O)[C@@H]1CC2c3cccc4c3c(cn4C(C)C)C[C@H]2N(C)C1)C1CCCCC1. The summed E-state index contributed by atoms with van der Waals surface area (Å²) in [5.41, 5.74) is 4.36. The van der Waals surface area contributed by atoms with Crippen molar-refractivity contribution in [1.29, 1.82) is 0 Å². The number of piperidine rings is 1. The van der Waals surface area contributed by atoms with E-state index in [0.717, 1.165) is 38.8 Å². The van der Waals surface area contributed by atoms with Crippen molar-refractivity contribution in [2.24, 2.45) is 5.92 Å². The van der Waals surface area contributed by atoms with Crippen LogP contribution in [-0.4, -0.2) is 52.5 Å². The van der Waals surface area contributed by atoms with Gasteiger partial charge in [0, 0.05) is 54.2 Å². The van der Waals surface area contributed by atoms with Gasteiger partial charge in [-0.15, -0.1) is 0 Å². The number of nitrogens with zero attached hydrogens (tertiary/aromatic N) is 3. The molecule has 1 aromatic heterocycles. The number of rotatable bonds is 6. The van der Waals surface area contributed by atoms with Crippen molar-refractivity contribution in [3.05, 3.63) is 35.5 Å². The monoisotopic (exact) mass is 449 g/mol. The Bertz CT molecular complexity index is 986. The maximum atomic E-state index is 14.0. The van der Waals surface area contributed by atoms with Crippen molar-refractivity contribution >= 4 is 16.8 Å². The Kier molecular flexibility index (Phi) is 6.57. The Balaban J connectivity index is 1.44. The minimum absolute atomic E-state index is 0.124. The highest BCUT2D eigenvalue weighted by Gasteiger charge is 2.43. The zero-order valence-electron chi connectivity index (χ0n) is 21.2. The first-order valence-corrected chi connectivity index (χ1v) is 13.6. The van der Waals surface area contributed by atoms with Crippen LogP contribution < -0.4 is 0 Å². The molecule has 0 radical (unpaired) electrons. The maximum absolute atomic E-state index is 14.0. The molecule has 1 unspecified atom stereocenters. The van der Waals surface area contributed by atoms with Gasteiger partial charge in [0.15, 0.2) is 0 Å². The van der Waals surface area contributed by atoms with E-state index in [1.165, 1.54) is 54.1 Å². The summed E-state index contributed by atoms with van der Waals surface area (Å²) < 4.78 is 2.45. The predicted molar refractivity (Wildman–Crippen MR) is 137 cm³/mol. The number of hydrogen-bond donors (Lipinski definition) is 0. The van der Waals surface area contributed by atoms with E-state index in [-0.39, 0.29) is 5.92 Å². The average molecular weight is 450 g/mol. The number of carbonyl (C=O) groups is 1. The fourth-order valence-corrected chi connectivity index (χ4v) is 7.11. The number of unbranched alkanes of at least 4 members (excludes halogenated alkanes) is 1. The molecule has 1 aliphatic heterocycles. The van der Waals surface area contributed by atoms with Gasteiger partial charge in [0.2, 0.25) is 5.91 Å². The van der Waals surface area contributed by atoms with Crippen LogP contribution in [0.15, 0.2) is 24.4 Å². The normalized spacial score (nSPS) is 26.0. The molecule has 1 amide bonds. The lowest BCUT2D eigenvalue weighted by molar-refractivity contribution is -0.141. The van der Waals surface area contributed by atoms with E-state index in [1.54, 1.807) is 0 Å². The number of hydrogen-bond acceptors (Lipinski definition) is 2. The molecule has 1 saturated carbocycles. The third kappa shape index (κ3) is 4.13. The van der Waals surface area contributed by atoms with Crippen LogP contribution in [0.2, 0.25) is 0 Å². The van der Waals surface area contributed by atoms with Crippen molar-refractivity contribution in [2.75, 3.05) is 20.1 Å². The minimum Gasteiger partial charge on any atom is -0.345 e. The first-order valence-electron chi connectivity index (χ1n) is 13.6. The molecule has 180 valence electrons. The number of fused-ring (bicyclic) bond motifs is 2. The largest absolute Gasteiger partial charge is 0.345 e. The van der Waals surface area contributed by atoms with Gasteiger partial charge in [-0.25, -0.2) is 0 Å². The lowest BCUT2D eigenvalue weighted by atomic mass is 9.72. The molecule has 1 saturated heterocycles. The van der Waals surface area contributed by atoms with Crippen molar-refractivity contribution in [2.45, 2.75) is 103 Å². The summed E-state index contributed by atoms with van der Waals surface area (Å²) in [6.45, 7) is 8.65. The second-order valence-electron chi connectivity index (χ2n) is 11.3. The highest BCUT2D eigenvalue weighted by molar-refractivity contribution is 5.89. The Hall–Kier alpha value is -1.81. The molecule has 2 heterocycles. The molecule has 4 heteroatoms. The summed E-state index contributed by atoms with van der Waals surface area (Å²) in [6.07, 6.45) is 13.1. The van der Waals surface area contributed by atoms with E-state index in [9.17, 15) is 4.79 Å². The Morgan fingerprint density at radius 1 is 1.18 bits per heavy atom. The van der Waals surface area contributed by atoms with Gasteiger partial charge in [0.05, 0.1) is 5.92 Å². The van der Waals surface area contributed by atoms with Crippen LogP contribution in [0.4, 0.5) is 0 Å². The van der Waals surface area contributed by atoms with Crippen molar-refractivity contribution < 1.29 is 4.79 Å². The summed E-state index contributed by atoms with van der Waals surface area (Å²) in [5.74, 6) is 1.02. The van der Waals surface area contributed by atoms with Crippen LogP contribution in [0.1, 0.15) is 95.2 Å². The zero-order chi connectivity index (χ0) is 23.1. The summed E-state index contributed by atoms with van der Waals surface area (Å²) in [4.78, 5) is 18.8. The van der Waals surface area contributed by atoms with E-state index in [2.05, 4.69) is 66.6 Å². The fourth-order valence-electron chi connectivity index (χ4n) is 7.11. The van der Waals surface area contributed by atoms with Gasteiger partial charge in [-0.2, -0.15) is 0 Å². The third-order valence-corrected chi connectivity index (χ3v) is 8.83. The van der Waals surface area contributed by atoms with Gasteiger partial charge in [-0.3, -0.25) is 4.79 Å². The first kappa shape index (κ1) is 23.0. The number of aromatic nitrogens is 1. The van der Waals surface area contributed by atoms with Gasteiger partial charge in [0.1, 0.15) is 0 Å². The van der Waals surface area contributed by atoms with Crippen LogP contribution in [0.25, 0.3) is 10.9 Å². The quantitative estimate of drug-likeness (QED) is 0.530. The number of carbonyl (C=O) groups excluding carboxylic acids is 1. The van der Waals surface area contributed by atoms with Gasteiger partial charge in [-0.1, -0.05) is 44.7 Å². The molecule has 2 aliphatic carbocycles. The van der Waals surface area contributed by atoms with Gasteiger partial charge in [-0.05, 0) is 70.2 Å². The summed E-state index contributed by atoms with van der Waals surface area (Å²) in [6, 6.07) is 8.32. The molecule has 0 N–H and O–H groups in total. The van der Waals surface area contributed by atoms with Crippen molar-refractivity contribution in [1.82, 2.24) is 14.4 Å². The number of benzene rings is 1. The smallest absolute Gasteiger partial charge is 0.227 e. The highest BCUT2D eigenvalue weighted by Crippen LogP contribution is 2.46. The second kappa shape index (κ2) is 9.44. The van der Waals surface area contributed by atoms with E-state index >= 15 is 0 Å². The first-order chi connectivity index (χ1) is 16.0. The van der Waals surface area contributed by atoms with Crippen LogP contribution in [-0.2, 0) is 11.2 Å². The van der Waals surface area contributed by atoms with Crippen LogP contribution >= 0.6 is 0 Å². The molecule has 5 rings (SSSR count). The number of amides is 1. The molecule has 0 spiro atoms. The lowest BCUT2D eigenvalue weighted by Crippen LogP contribution is -2.53. The molecule has 4 nitrogen and oxygen atoms in total. The summed E-state index contributed by atoms with van der Waals surface area (Å²) in [7, 11) is 2.26. The van der Waals surface area contributed by atoms with E-state index in [1.807, 2.05) is 0 Å². The molecule has 3 aliphatic rings. The van der Waals surface area contributed by atoms with Crippen LogP contribution in [0.5, 0.6) is 0 Å². The molecule has 0 bridgehead atoms. The van der Waals surface area contributed by atoms with Crippen molar-refractivity contribution in [3.63, 3.8) is 0 Å². The average Bonchev–Trinajstić information content (AvgIpc) is 3.20. The van der Waals surface area contributed by atoms with Gasteiger partial charge in [0.25, 0.3) is 0 Å². The van der Waals surface area contributed by atoms with Crippen LogP contribution in [0, 0.1) is 5.92 Å². The van der Waals surface area contributed by atoms with E-state index in [4.69, 9.17) is 0 Å². The molecule has 1 aromatic carbocycles. The zero-order valence-corrected chi connectivity index (χ0v) is 21.2. The summed E-state index contributed by atoms with van der Waals surface area (Å²) >= 11 is 0. The lowest BCUT2D eigenvalue weighted by Gasteiger charge is -2.47. The standard InChI is InChI=1S/C29H43N3O/c1-5-6-15-31(23-11-8-7-9-12-23)29(33)22-16-25-24-13-10-14-26-28(24)21(19-32(26)20(2)3)17-27(25)30(4)18-22/h10,13-14,19-20,22-23,25,27H,5-9,11-12,15-18H2,1-4H3/t22-,25?,27-/m1/s1. The van der Waals surface area contributed by atoms with Gasteiger partial charge < -0.3 is 14.4 Å². The second-order valence-corrected chi connectivity index (χ2v) is 11.3. The highest BCUT2D eigenvalue weighted by atomic mass is 16.2. The number of likely N-dealkylation sites (N-methyl/N-ethyl adjacent to an activating group) is 1. The van der Waals surface area contributed by atoms with E-state index in [0.29, 0.717) is 30.0 Å². The maximum Gasteiger partial charge on any atom is 0.227 e. The third-order valence-electron chi connectivity index (χ3n) is 8.83. The molecular formula is C29H43N3O. The molecule has 3 atom stereocenters. The Labute approximate surface area is 200 Å². The minimum atomic E-state index is 0.124. The molecular weight excluding hydrogens is 406 g/mol.